The molecule has 4 rings (SSSR count). The van der Waals surface area contributed by atoms with Crippen molar-refractivity contribution < 1.29 is 14.3 Å². The van der Waals surface area contributed by atoms with Crippen LogP contribution in [0.5, 0.6) is 5.75 Å². The number of amides is 1. The first-order valence-electron chi connectivity index (χ1n) is 10.7. The molecule has 2 aromatic rings. The van der Waals surface area contributed by atoms with Crippen molar-refractivity contribution in [2.75, 3.05) is 32.6 Å². The lowest BCUT2D eigenvalue weighted by Gasteiger charge is -2.30. The van der Waals surface area contributed by atoms with Gasteiger partial charge in [0.25, 0.3) is 0 Å². The third-order valence-corrected chi connectivity index (χ3v) is 6.76. The number of nitrogens with zero attached hydrogens (tertiary/aromatic N) is 4. The van der Waals surface area contributed by atoms with Gasteiger partial charge in [-0.3, -0.25) is 9.36 Å². The second kappa shape index (κ2) is 9.83. The first-order valence-corrected chi connectivity index (χ1v) is 11.7. The first-order chi connectivity index (χ1) is 14.6. The minimum absolute atomic E-state index is 0.163. The van der Waals surface area contributed by atoms with Gasteiger partial charge < -0.3 is 14.4 Å². The van der Waals surface area contributed by atoms with E-state index in [1.807, 2.05) is 29.2 Å². The molecule has 2 aliphatic heterocycles. The van der Waals surface area contributed by atoms with Crippen LogP contribution < -0.4 is 4.74 Å². The van der Waals surface area contributed by atoms with Crippen LogP contribution in [-0.4, -0.2) is 64.2 Å². The summed E-state index contributed by atoms with van der Waals surface area (Å²) >= 11 is 1.47. The SMILES string of the molecule is COc1ccc(-c2nnc(SCC(=O)N3CCC[C@@H](C)C3)n2C[C@@H]2CCCO2)cc1. The summed E-state index contributed by atoms with van der Waals surface area (Å²) < 4.78 is 13.2. The maximum Gasteiger partial charge on any atom is 0.233 e. The summed E-state index contributed by atoms with van der Waals surface area (Å²) in [5.74, 6) is 2.76. The van der Waals surface area contributed by atoms with E-state index in [1.165, 1.54) is 18.2 Å². The summed E-state index contributed by atoms with van der Waals surface area (Å²) in [7, 11) is 1.66. The van der Waals surface area contributed by atoms with E-state index in [2.05, 4.69) is 21.7 Å². The normalized spacial score (nSPS) is 21.7. The molecule has 162 valence electrons. The van der Waals surface area contributed by atoms with Gasteiger partial charge in [-0.1, -0.05) is 18.7 Å². The predicted octanol–water partition coefficient (Wildman–Crippen LogP) is 3.48. The summed E-state index contributed by atoms with van der Waals surface area (Å²) in [5, 5.41) is 9.66. The number of carbonyl (C=O) groups is 1. The number of aromatic nitrogens is 3. The van der Waals surface area contributed by atoms with Crippen molar-refractivity contribution in [2.45, 2.75) is 50.4 Å². The molecule has 1 aromatic heterocycles. The number of carbonyl (C=O) groups excluding carboxylic acids is 1. The van der Waals surface area contributed by atoms with Crippen LogP contribution in [0.25, 0.3) is 11.4 Å². The van der Waals surface area contributed by atoms with E-state index in [0.717, 1.165) is 61.3 Å². The Labute approximate surface area is 182 Å². The van der Waals surface area contributed by atoms with Crippen LogP contribution in [-0.2, 0) is 16.1 Å². The van der Waals surface area contributed by atoms with Crippen molar-refractivity contribution >= 4 is 17.7 Å². The second-order valence-corrected chi connectivity index (χ2v) is 9.10. The maximum atomic E-state index is 12.7. The van der Waals surface area contributed by atoms with Crippen LogP contribution in [0.1, 0.15) is 32.6 Å². The molecule has 0 aliphatic carbocycles. The van der Waals surface area contributed by atoms with E-state index in [-0.39, 0.29) is 12.0 Å². The predicted molar refractivity (Wildman–Crippen MR) is 117 cm³/mol. The van der Waals surface area contributed by atoms with Gasteiger partial charge in [-0.2, -0.15) is 0 Å². The van der Waals surface area contributed by atoms with Crippen LogP contribution in [0.3, 0.4) is 0 Å². The molecule has 2 aliphatic rings. The molecule has 8 heteroatoms. The zero-order valence-electron chi connectivity index (χ0n) is 17.7. The number of ether oxygens (including phenoxy) is 2. The van der Waals surface area contributed by atoms with E-state index < -0.39 is 0 Å². The largest absolute Gasteiger partial charge is 0.497 e. The van der Waals surface area contributed by atoms with Crippen LogP contribution in [0.4, 0.5) is 0 Å². The Morgan fingerprint density at radius 2 is 2.07 bits per heavy atom. The van der Waals surface area contributed by atoms with Gasteiger partial charge in [0.05, 0.1) is 25.5 Å². The highest BCUT2D eigenvalue weighted by Crippen LogP contribution is 2.28. The molecule has 1 amide bonds. The minimum atomic E-state index is 0.163. The summed E-state index contributed by atoms with van der Waals surface area (Å²) in [6, 6.07) is 7.83. The lowest BCUT2D eigenvalue weighted by molar-refractivity contribution is -0.130. The lowest BCUT2D eigenvalue weighted by atomic mass is 10.0. The average Bonchev–Trinajstić information content (AvgIpc) is 3.42. The van der Waals surface area contributed by atoms with Gasteiger partial charge in [-0.05, 0) is 55.9 Å². The molecule has 0 spiro atoms. The fourth-order valence-electron chi connectivity index (χ4n) is 4.14. The van der Waals surface area contributed by atoms with Gasteiger partial charge in [-0.25, -0.2) is 0 Å². The third kappa shape index (κ3) is 4.98. The van der Waals surface area contributed by atoms with E-state index >= 15 is 0 Å². The van der Waals surface area contributed by atoms with E-state index in [1.54, 1.807) is 7.11 Å². The summed E-state index contributed by atoms with van der Waals surface area (Å²) in [6.07, 6.45) is 4.58. The fourth-order valence-corrected chi connectivity index (χ4v) is 4.99. The Kier molecular flexibility index (Phi) is 6.94. The monoisotopic (exact) mass is 430 g/mol. The Morgan fingerprint density at radius 3 is 2.77 bits per heavy atom. The van der Waals surface area contributed by atoms with Gasteiger partial charge in [0.2, 0.25) is 5.91 Å². The number of thioether (sulfide) groups is 1. The second-order valence-electron chi connectivity index (χ2n) is 8.16. The van der Waals surface area contributed by atoms with Crippen molar-refractivity contribution in [3.05, 3.63) is 24.3 Å². The zero-order valence-corrected chi connectivity index (χ0v) is 18.6. The molecule has 3 heterocycles. The summed E-state index contributed by atoms with van der Waals surface area (Å²) in [4.78, 5) is 14.7. The quantitative estimate of drug-likeness (QED) is 0.627. The third-order valence-electron chi connectivity index (χ3n) is 5.81. The van der Waals surface area contributed by atoms with E-state index in [4.69, 9.17) is 9.47 Å². The maximum absolute atomic E-state index is 12.7. The van der Waals surface area contributed by atoms with E-state index in [0.29, 0.717) is 18.2 Å². The van der Waals surface area contributed by atoms with Crippen LogP contribution in [0.2, 0.25) is 0 Å². The topological polar surface area (TPSA) is 69.5 Å². The molecule has 0 N–H and O–H groups in total. The van der Waals surface area contributed by atoms with Gasteiger partial charge in [0.1, 0.15) is 5.75 Å². The highest BCUT2D eigenvalue weighted by molar-refractivity contribution is 7.99. The summed E-state index contributed by atoms with van der Waals surface area (Å²) in [5.41, 5.74) is 0.976. The number of likely N-dealkylation sites (tertiary alicyclic amines) is 1. The fraction of sp³-hybridized carbons (Fsp3) is 0.591. The molecule has 0 bridgehead atoms. The lowest BCUT2D eigenvalue weighted by Crippen LogP contribution is -2.40. The van der Waals surface area contributed by atoms with Crippen LogP contribution >= 0.6 is 11.8 Å². The number of hydrogen-bond donors (Lipinski definition) is 0. The molecule has 1 aromatic carbocycles. The number of methoxy groups -OCH3 is 1. The van der Waals surface area contributed by atoms with E-state index in [9.17, 15) is 4.79 Å². The smallest absolute Gasteiger partial charge is 0.233 e. The van der Waals surface area contributed by atoms with Crippen LogP contribution in [0.15, 0.2) is 29.4 Å². The van der Waals surface area contributed by atoms with Gasteiger partial charge in [-0.15, -0.1) is 10.2 Å². The standard InChI is InChI=1S/C22H30N4O3S/c1-16-5-3-11-25(13-16)20(27)15-30-22-24-23-21(17-7-9-18(28-2)10-8-17)26(22)14-19-6-4-12-29-19/h7-10,16,19H,3-6,11-15H2,1-2H3/t16-,19+/m1/s1. The average molecular weight is 431 g/mol. The first kappa shape index (κ1) is 21.2. The molecule has 2 atom stereocenters. The number of rotatable bonds is 7. The van der Waals surface area contributed by atoms with Gasteiger partial charge in [0, 0.05) is 25.3 Å². The molecule has 0 unspecified atom stereocenters. The van der Waals surface area contributed by atoms with Crippen molar-refractivity contribution in [2.24, 2.45) is 5.92 Å². The molecule has 7 nitrogen and oxygen atoms in total. The highest BCUT2D eigenvalue weighted by atomic mass is 32.2. The summed E-state index contributed by atoms with van der Waals surface area (Å²) in [6.45, 7) is 5.44. The molecule has 2 saturated heterocycles. The number of piperidine rings is 1. The zero-order chi connectivity index (χ0) is 20.9. The highest BCUT2D eigenvalue weighted by Gasteiger charge is 2.24. The molecule has 0 saturated carbocycles. The van der Waals surface area contributed by atoms with Crippen molar-refractivity contribution in [3.63, 3.8) is 0 Å². The number of benzene rings is 1. The molecular formula is C22H30N4O3S. The molecule has 2 fully saturated rings. The molecular weight excluding hydrogens is 400 g/mol. The molecule has 30 heavy (non-hydrogen) atoms. The van der Waals surface area contributed by atoms with Crippen molar-refractivity contribution in [3.8, 4) is 17.1 Å². The Morgan fingerprint density at radius 1 is 1.23 bits per heavy atom. The van der Waals surface area contributed by atoms with Gasteiger partial charge >= 0.3 is 0 Å². The Balaban J connectivity index is 1.51. The Bertz CT molecular complexity index is 849. The molecule has 0 radical (unpaired) electrons. The van der Waals surface area contributed by atoms with Gasteiger partial charge in [0.15, 0.2) is 11.0 Å². The Hall–Kier alpha value is -2.06. The minimum Gasteiger partial charge on any atom is -0.497 e. The van der Waals surface area contributed by atoms with Crippen molar-refractivity contribution in [1.29, 1.82) is 0 Å². The van der Waals surface area contributed by atoms with Crippen molar-refractivity contribution in [1.82, 2.24) is 19.7 Å². The number of hydrogen-bond acceptors (Lipinski definition) is 6. The van der Waals surface area contributed by atoms with Crippen LogP contribution in [0, 0.1) is 5.92 Å².